The van der Waals surface area contributed by atoms with E-state index in [-0.39, 0.29) is 11.5 Å². The van der Waals surface area contributed by atoms with Gasteiger partial charge < -0.3 is 16.0 Å². The van der Waals surface area contributed by atoms with Crippen molar-refractivity contribution in [1.82, 2.24) is 15.0 Å². The number of nitrogens with one attached hydrogen (secondary N) is 2. The Balaban J connectivity index is 1.44. The largest absolute Gasteiger partial charge is 0.396 e. The first-order valence-electron chi connectivity index (χ1n) is 8.33. The SMILES string of the molecule is Nc1cccc(CNc2ccc(Cc3c[nH]c4ncccc34)cn2)c1F. The Labute approximate surface area is 150 Å². The summed E-state index contributed by atoms with van der Waals surface area (Å²) in [6.07, 6.45) is 6.34. The van der Waals surface area contributed by atoms with Gasteiger partial charge in [0.1, 0.15) is 11.5 Å². The predicted octanol–water partition coefficient (Wildman–Crippen LogP) is 3.88. The fraction of sp³-hybridized carbons (Fsp3) is 0.100. The Morgan fingerprint density at radius 2 is 1.96 bits per heavy atom. The highest BCUT2D eigenvalue weighted by Gasteiger charge is 2.07. The lowest BCUT2D eigenvalue weighted by Crippen LogP contribution is -2.05. The zero-order valence-electron chi connectivity index (χ0n) is 14.0. The quantitative estimate of drug-likeness (QED) is 0.479. The van der Waals surface area contributed by atoms with Crippen LogP contribution in [0.25, 0.3) is 11.0 Å². The summed E-state index contributed by atoms with van der Waals surface area (Å²) >= 11 is 0. The van der Waals surface area contributed by atoms with Crippen LogP contribution in [0.5, 0.6) is 0 Å². The number of anilines is 2. The standard InChI is InChI=1S/C20H18FN5/c21-19-14(3-1-5-17(19)22)11-25-18-7-6-13(10-24-18)9-15-12-26-20-16(15)4-2-8-23-20/h1-8,10,12H,9,11,22H2,(H,23,26)(H,24,25). The maximum absolute atomic E-state index is 13.9. The van der Waals surface area contributed by atoms with Crippen LogP contribution in [0.4, 0.5) is 15.9 Å². The van der Waals surface area contributed by atoms with Crippen molar-refractivity contribution in [3.05, 3.63) is 83.6 Å². The maximum Gasteiger partial charge on any atom is 0.151 e. The van der Waals surface area contributed by atoms with Crippen molar-refractivity contribution >= 4 is 22.5 Å². The molecular formula is C20H18FN5. The molecular weight excluding hydrogens is 329 g/mol. The molecule has 1 aromatic carbocycles. The average molecular weight is 347 g/mol. The summed E-state index contributed by atoms with van der Waals surface area (Å²) in [6, 6.07) is 12.9. The molecule has 4 rings (SSSR count). The molecule has 0 spiro atoms. The Morgan fingerprint density at radius 3 is 2.81 bits per heavy atom. The second-order valence-electron chi connectivity index (χ2n) is 6.12. The topological polar surface area (TPSA) is 79.6 Å². The molecule has 4 N–H and O–H groups in total. The van der Waals surface area contributed by atoms with Gasteiger partial charge in [-0.25, -0.2) is 14.4 Å². The molecule has 0 atom stereocenters. The molecule has 3 aromatic heterocycles. The van der Waals surface area contributed by atoms with E-state index in [9.17, 15) is 4.39 Å². The maximum atomic E-state index is 13.9. The second-order valence-corrected chi connectivity index (χ2v) is 6.12. The van der Waals surface area contributed by atoms with E-state index < -0.39 is 0 Å². The van der Waals surface area contributed by atoms with E-state index in [1.165, 1.54) is 5.56 Å². The molecule has 0 saturated carbocycles. The van der Waals surface area contributed by atoms with Crippen molar-refractivity contribution in [2.75, 3.05) is 11.1 Å². The van der Waals surface area contributed by atoms with E-state index in [0.717, 1.165) is 23.0 Å². The van der Waals surface area contributed by atoms with E-state index in [0.29, 0.717) is 17.9 Å². The Morgan fingerprint density at radius 1 is 1.04 bits per heavy atom. The number of rotatable bonds is 5. The summed E-state index contributed by atoms with van der Waals surface area (Å²) in [6.45, 7) is 0.331. The van der Waals surface area contributed by atoms with Gasteiger partial charge in [0.15, 0.2) is 5.82 Å². The number of pyridine rings is 2. The number of hydrogen-bond donors (Lipinski definition) is 3. The molecule has 0 bridgehead atoms. The van der Waals surface area contributed by atoms with Gasteiger partial charge in [0.25, 0.3) is 0 Å². The fourth-order valence-corrected chi connectivity index (χ4v) is 2.93. The second kappa shape index (κ2) is 6.84. The minimum Gasteiger partial charge on any atom is -0.396 e. The van der Waals surface area contributed by atoms with E-state index in [1.54, 1.807) is 24.4 Å². The Hall–Kier alpha value is -3.41. The number of nitrogens with two attached hydrogens (primary N) is 1. The minimum absolute atomic E-state index is 0.154. The molecule has 26 heavy (non-hydrogen) atoms. The van der Waals surface area contributed by atoms with Crippen LogP contribution < -0.4 is 11.1 Å². The van der Waals surface area contributed by atoms with Gasteiger partial charge in [-0.1, -0.05) is 18.2 Å². The van der Waals surface area contributed by atoms with Crippen molar-refractivity contribution in [3.63, 3.8) is 0 Å². The van der Waals surface area contributed by atoms with Crippen molar-refractivity contribution in [1.29, 1.82) is 0 Å². The third-order valence-corrected chi connectivity index (χ3v) is 4.32. The molecule has 6 heteroatoms. The van der Waals surface area contributed by atoms with E-state index in [1.807, 2.05) is 30.6 Å². The van der Waals surface area contributed by atoms with Crippen molar-refractivity contribution < 1.29 is 4.39 Å². The number of nitrogens with zero attached hydrogens (tertiary/aromatic N) is 2. The predicted molar refractivity (Wildman–Crippen MR) is 101 cm³/mol. The van der Waals surface area contributed by atoms with Gasteiger partial charge in [-0.15, -0.1) is 0 Å². The van der Waals surface area contributed by atoms with Crippen LogP contribution in [-0.2, 0) is 13.0 Å². The molecule has 0 fully saturated rings. The van der Waals surface area contributed by atoms with Crippen LogP contribution in [0.1, 0.15) is 16.7 Å². The van der Waals surface area contributed by atoms with Gasteiger partial charge >= 0.3 is 0 Å². The Kier molecular flexibility index (Phi) is 4.23. The first-order valence-corrected chi connectivity index (χ1v) is 8.33. The van der Waals surface area contributed by atoms with Gasteiger partial charge in [0, 0.05) is 42.5 Å². The van der Waals surface area contributed by atoms with E-state index >= 15 is 0 Å². The van der Waals surface area contributed by atoms with Crippen LogP contribution in [0.3, 0.4) is 0 Å². The van der Waals surface area contributed by atoms with Crippen molar-refractivity contribution in [2.45, 2.75) is 13.0 Å². The van der Waals surface area contributed by atoms with Gasteiger partial charge in [0.05, 0.1) is 5.69 Å². The third-order valence-electron chi connectivity index (χ3n) is 4.32. The first-order chi connectivity index (χ1) is 12.7. The lowest BCUT2D eigenvalue weighted by Gasteiger charge is -2.08. The van der Waals surface area contributed by atoms with E-state index in [4.69, 9.17) is 5.73 Å². The smallest absolute Gasteiger partial charge is 0.151 e. The van der Waals surface area contributed by atoms with Crippen LogP contribution in [0, 0.1) is 5.82 Å². The number of benzene rings is 1. The summed E-state index contributed by atoms with van der Waals surface area (Å²) in [5.41, 5.74) is 9.42. The van der Waals surface area contributed by atoms with Crippen LogP contribution in [0.15, 0.2) is 61.1 Å². The van der Waals surface area contributed by atoms with Crippen LogP contribution >= 0.6 is 0 Å². The molecule has 0 radical (unpaired) electrons. The molecule has 0 aliphatic rings. The highest BCUT2D eigenvalue weighted by atomic mass is 19.1. The summed E-state index contributed by atoms with van der Waals surface area (Å²) < 4.78 is 13.9. The Bertz CT molecular complexity index is 1040. The lowest BCUT2D eigenvalue weighted by molar-refractivity contribution is 0.617. The zero-order chi connectivity index (χ0) is 17.9. The highest BCUT2D eigenvalue weighted by molar-refractivity contribution is 5.79. The monoisotopic (exact) mass is 347 g/mol. The summed E-state index contributed by atoms with van der Waals surface area (Å²) in [7, 11) is 0. The van der Waals surface area contributed by atoms with Crippen LogP contribution in [-0.4, -0.2) is 15.0 Å². The first kappa shape index (κ1) is 16.1. The summed E-state index contributed by atoms with van der Waals surface area (Å²) in [5, 5.41) is 4.24. The molecule has 0 aliphatic carbocycles. The number of aromatic nitrogens is 3. The molecule has 0 aliphatic heterocycles. The number of H-pyrrole nitrogens is 1. The van der Waals surface area contributed by atoms with Gasteiger partial charge in [-0.05, 0) is 35.4 Å². The molecule has 0 amide bonds. The van der Waals surface area contributed by atoms with E-state index in [2.05, 4.69) is 26.3 Å². The molecule has 3 heterocycles. The molecule has 4 aromatic rings. The third kappa shape index (κ3) is 3.21. The summed E-state index contributed by atoms with van der Waals surface area (Å²) in [4.78, 5) is 11.9. The molecule has 130 valence electrons. The average Bonchev–Trinajstić information content (AvgIpc) is 3.07. The molecule has 0 saturated heterocycles. The minimum atomic E-state index is -0.385. The van der Waals surface area contributed by atoms with Crippen molar-refractivity contribution in [3.8, 4) is 0 Å². The van der Waals surface area contributed by atoms with Crippen molar-refractivity contribution in [2.24, 2.45) is 0 Å². The highest BCUT2D eigenvalue weighted by Crippen LogP contribution is 2.20. The number of nitrogen functional groups attached to an aromatic ring is 1. The van der Waals surface area contributed by atoms with Gasteiger partial charge in [-0.3, -0.25) is 0 Å². The number of hydrogen-bond acceptors (Lipinski definition) is 4. The van der Waals surface area contributed by atoms with Gasteiger partial charge in [-0.2, -0.15) is 0 Å². The molecule has 0 unspecified atom stereocenters. The molecule has 5 nitrogen and oxygen atoms in total. The van der Waals surface area contributed by atoms with Crippen LogP contribution in [0.2, 0.25) is 0 Å². The number of aromatic amines is 1. The van der Waals surface area contributed by atoms with Gasteiger partial charge in [0.2, 0.25) is 0 Å². The number of halogens is 1. The zero-order valence-corrected chi connectivity index (χ0v) is 14.0. The fourth-order valence-electron chi connectivity index (χ4n) is 2.93. The normalized spacial score (nSPS) is 11.0. The summed E-state index contributed by atoms with van der Waals surface area (Å²) in [5.74, 6) is 0.306. The lowest BCUT2D eigenvalue weighted by atomic mass is 10.1. The number of fused-ring (bicyclic) bond motifs is 1.